The van der Waals surface area contributed by atoms with Crippen molar-refractivity contribution in [2.75, 3.05) is 13.1 Å². The van der Waals surface area contributed by atoms with Crippen molar-refractivity contribution in [3.63, 3.8) is 0 Å². The van der Waals surface area contributed by atoms with Gasteiger partial charge in [-0.2, -0.15) is 13.2 Å². The minimum Gasteiger partial charge on any atom is -0.334 e. The van der Waals surface area contributed by atoms with Gasteiger partial charge in [0.1, 0.15) is 0 Å². The van der Waals surface area contributed by atoms with Crippen LogP contribution in [0.1, 0.15) is 45.1 Å². The van der Waals surface area contributed by atoms with E-state index in [0.29, 0.717) is 25.7 Å². The topological polar surface area (TPSA) is 78.5 Å². The summed E-state index contributed by atoms with van der Waals surface area (Å²) >= 11 is 0. The molecule has 30 heavy (non-hydrogen) atoms. The number of amides is 1. The number of carbonyl (C=O) groups excluding carboxylic acids is 1. The van der Waals surface area contributed by atoms with Gasteiger partial charge in [-0.1, -0.05) is 0 Å². The van der Waals surface area contributed by atoms with Gasteiger partial charge in [0, 0.05) is 37.1 Å². The molecule has 0 unspecified atom stereocenters. The first-order chi connectivity index (χ1) is 14.0. The highest BCUT2D eigenvalue weighted by atomic mass is 32.2. The van der Waals surface area contributed by atoms with Crippen molar-refractivity contribution in [3.8, 4) is 0 Å². The summed E-state index contributed by atoms with van der Waals surface area (Å²) in [7, 11) is -3.92. The van der Waals surface area contributed by atoms with Crippen molar-refractivity contribution in [2.24, 2.45) is 5.92 Å². The normalized spacial score (nSPS) is 28.4. The van der Waals surface area contributed by atoms with Crippen molar-refractivity contribution < 1.29 is 26.4 Å². The summed E-state index contributed by atoms with van der Waals surface area (Å²) in [5, 5.41) is 3.30. The standard InChI is InChI=1S/C20H28F3N3O3S/c1-13-11-24-12-14(2)26(13)19(27)15-3-7-17(8-4-15)25-30(28,29)18-9-5-16(6-10-18)20(21,22)23/h5-6,9-10,13-15,17,24-25H,3-4,7-8,11-12H2,1-2H3/t13-,14+,15?,17?. The van der Waals surface area contributed by atoms with Crippen LogP contribution in [0.2, 0.25) is 0 Å². The lowest BCUT2D eigenvalue weighted by atomic mass is 9.85. The highest BCUT2D eigenvalue weighted by molar-refractivity contribution is 7.89. The third-order valence-corrected chi connectivity index (χ3v) is 7.51. The maximum Gasteiger partial charge on any atom is 0.416 e. The maximum absolute atomic E-state index is 13.0. The van der Waals surface area contributed by atoms with Crippen LogP contribution in [-0.4, -0.2) is 50.4 Å². The van der Waals surface area contributed by atoms with Gasteiger partial charge >= 0.3 is 6.18 Å². The molecule has 1 saturated carbocycles. The molecular weight excluding hydrogens is 419 g/mol. The number of sulfonamides is 1. The average Bonchev–Trinajstić information content (AvgIpc) is 2.67. The summed E-state index contributed by atoms with van der Waals surface area (Å²) in [5.41, 5.74) is -0.892. The highest BCUT2D eigenvalue weighted by Crippen LogP contribution is 2.31. The lowest BCUT2D eigenvalue weighted by molar-refractivity contribution is -0.142. The predicted octanol–water partition coefficient (Wildman–Crippen LogP) is 2.75. The third kappa shape index (κ3) is 5.15. The summed E-state index contributed by atoms with van der Waals surface area (Å²) in [6.45, 7) is 5.56. The molecule has 0 aromatic heterocycles. The Morgan fingerprint density at radius 3 is 2.07 bits per heavy atom. The van der Waals surface area contributed by atoms with Gasteiger partial charge < -0.3 is 10.2 Å². The summed E-state index contributed by atoms with van der Waals surface area (Å²) in [4.78, 5) is 14.7. The minimum absolute atomic E-state index is 0.122. The first-order valence-corrected chi connectivity index (χ1v) is 11.7. The zero-order valence-corrected chi connectivity index (χ0v) is 17.9. The second kappa shape index (κ2) is 8.84. The Morgan fingerprint density at radius 1 is 1.03 bits per heavy atom. The van der Waals surface area contributed by atoms with E-state index in [4.69, 9.17) is 0 Å². The van der Waals surface area contributed by atoms with Crippen LogP contribution in [0.25, 0.3) is 0 Å². The van der Waals surface area contributed by atoms with Crippen molar-refractivity contribution >= 4 is 15.9 Å². The van der Waals surface area contributed by atoms with Gasteiger partial charge in [0.15, 0.2) is 0 Å². The molecule has 1 aromatic rings. The van der Waals surface area contributed by atoms with E-state index in [0.717, 1.165) is 37.4 Å². The largest absolute Gasteiger partial charge is 0.416 e. The van der Waals surface area contributed by atoms with E-state index in [1.54, 1.807) is 0 Å². The average molecular weight is 448 g/mol. The summed E-state index contributed by atoms with van der Waals surface area (Å²) < 4.78 is 65.7. The van der Waals surface area contributed by atoms with E-state index in [-0.39, 0.29) is 34.8 Å². The van der Waals surface area contributed by atoms with E-state index >= 15 is 0 Å². The molecule has 2 N–H and O–H groups in total. The molecule has 1 heterocycles. The van der Waals surface area contributed by atoms with Gasteiger partial charge in [0.05, 0.1) is 10.5 Å². The Labute approximate surface area is 175 Å². The SMILES string of the molecule is C[C@@H]1CNC[C@H](C)N1C(=O)C1CCC(NS(=O)(=O)c2ccc(C(F)(F)F)cc2)CC1. The lowest BCUT2D eigenvalue weighted by Crippen LogP contribution is -2.58. The van der Waals surface area contributed by atoms with Gasteiger partial charge in [0.25, 0.3) is 0 Å². The summed E-state index contributed by atoms with van der Waals surface area (Å²) in [6.07, 6.45) is -2.30. The fourth-order valence-electron chi connectivity index (χ4n) is 4.35. The predicted molar refractivity (Wildman–Crippen MR) is 106 cm³/mol. The minimum atomic E-state index is -4.51. The van der Waals surface area contributed by atoms with E-state index < -0.39 is 21.8 Å². The second-order valence-electron chi connectivity index (χ2n) is 8.29. The van der Waals surface area contributed by atoms with Crippen LogP contribution in [0.5, 0.6) is 0 Å². The Balaban J connectivity index is 1.58. The molecule has 1 aliphatic heterocycles. The van der Waals surface area contributed by atoms with Gasteiger partial charge in [0.2, 0.25) is 15.9 Å². The highest BCUT2D eigenvalue weighted by Gasteiger charge is 2.36. The molecule has 3 rings (SSSR count). The van der Waals surface area contributed by atoms with Crippen LogP contribution in [0.15, 0.2) is 29.2 Å². The van der Waals surface area contributed by atoms with E-state index in [1.165, 1.54) is 0 Å². The lowest BCUT2D eigenvalue weighted by Gasteiger charge is -2.42. The van der Waals surface area contributed by atoms with Crippen molar-refractivity contribution in [2.45, 2.75) is 68.7 Å². The van der Waals surface area contributed by atoms with Crippen LogP contribution in [-0.2, 0) is 21.0 Å². The number of hydrogen-bond donors (Lipinski definition) is 2. The maximum atomic E-state index is 13.0. The Bertz CT molecular complexity index is 840. The van der Waals surface area contributed by atoms with Gasteiger partial charge in [-0.25, -0.2) is 13.1 Å². The smallest absolute Gasteiger partial charge is 0.334 e. The Hall–Kier alpha value is -1.65. The quantitative estimate of drug-likeness (QED) is 0.744. The number of rotatable bonds is 4. The molecule has 6 nitrogen and oxygen atoms in total. The molecule has 2 atom stereocenters. The van der Waals surface area contributed by atoms with Crippen LogP contribution >= 0.6 is 0 Å². The number of halogens is 3. The van der Waals surface area contributed by atoms with E-state index in [1.807, 2.05) is 18.7 Å². The van der Waals surface area contributed by atoms with E-state index in [9.17, 15) is 26.4 Å². The molecule has 0 spiro atoms. The molecule has 1 amide bonds. The molecule has 2 fully saturated rings. The zero-order valence-electron chi connectivity index (χ0n) is 17.1. The van der Waals surface area contributed by atoms with Crippen LogP contribution in [0, 0.1) is 5.92 Å². The number of benzene rings is 1. The monoisotopic (exact) mass is 447 g/mol. The number of nitrogens with zero attached hydrogens (tertiary/aromatic N) is 1. The molecule has 168 valence electrons. The van der Waals surface area contributed by atoms with Crippen molar-refractivity contribution in [1.82, 2.24) is 14.9 Å². The zero-order chi connectivity index (χ0) is 22.1. The molecule has 1 saturated heterocycles. The molecular formula is C20H28F3N3O3S. The molecule has 0 bridgehead atoms. The van der Waals surface area contributed by atoms with Crippen LogP contribution < -0.4 is 10.0 Å². The molecule has 2 aliphatic rings. The first kappa shape index (κ1) is 23.0. The van der Waals surface area contributed by atoms with Crippen LogP contribution in [0.3, 0.4) is 0 Å². The number of nitrogens with one attached hydrogen (secondary N) is 2. The molecule has 1 aliphatic carbocycles. The van der Waals surface area contributed by atoms with Gasteiger partial charge in [-0.3, -0.25) is 4.79 Å². The second-order valence-corrected chi connectivity index (χ2v) is 10.0. The molecule has 0 radical (unpaired) electrons. The fourth-order valence-corrected chi connectivity index (χ4v) is 5.65. The molecule has 10 heteroatoms. The summed E-state index contributed by atoms with van der Waals surface area (Å²) in [5.74, 6) is 0.000342. The Kier molecular flexibility index (Phi) is 6.78. The van der Waals surface area contributed by atoms with E-state index in [2.05, 4.69) is 10.0 Å². The van der Waals surface area contributed by atoms with Crippen molar-refractivity contribution in [1.29, 1.82) is 0 Å². The van der Waals surface area contributed by atoms with Crippen molar-refractivity contribution in [3.05, 3.63) is 29.8 Å². The van der Waals surface area contributed by atoms with Crippen LogP contribution in [0.4, 0.5) is 13.2 Å². The Morgan fingerprint density at radius 2 is 1.57 bits per heavy atom. The number of hydrogen-bond acceptors (Lipinski definition) is 4. The third-order valence-electron chi connectivity index (χ3n) is 5.97. The number of carbonyl (C=O) groups is 1. The molecule has 1 aromatic carbocycles. The first-order valence-electron chi connectivity index (χ1n) is 10.2. The number of piperazine rings is 1. The van der Waals surface area contributed by atoms with Gasteiger partial charge in [-0.15, -0.1) is 0 Å². The fraction of sp³-hybridized carbons (Fsp3) is 0.650. The van der Waals surface area contributed by atoms with Gasteiger partial charge in [-0.05, 0) is 63.8 Å². The summed E-state index contributed by atoms with van der Waals surface area (Å²) in [6, 6.07) is 3.37. The number of alkyl halides is 3.